The Balaban J connectivity index is 1.72. The summed E-state index contributed by atoms with van der Waals surface area (Å²) in [7, 11) is -2.74. The number of fused-ring (bicyclic) bond motifs is 1. The Labute approximate surface area is 191 Å². The number of carboxylic acid groups (broad SMARTS) is 1. The number of para-hydroxylation sites is 1. The van der Waals surface area contributed by atoms with E-state index in [1.807, 2.05) is 54.6 Å². The summed E-state index contributed by atoms with van der Waals surface area (Å²) in [5.41, 5.74) is 3.90. The van der Waals surface area contributed by atoms with Crippen molar-refractivity contribution >= 4 is 44.5 Å². The number of sulfonamides is 1. The summed E-state index contributed by atoms with van der Waals surface area (Å²) < 4.78 is 26.0. The smallest absolute Gasteiger partial charge is 0.318 e. The highest BCUT2D eigenvalue weighted by Crippen LogP contribution is 2.37. The van der Waals surface area contributed by atoms with E-state index in [-0.39, 0.29) is 10.8 Å². The van der Waals surface area contributed by atoms with Gasteiger partial charge in [-0.3, -0.25) is 9.59 Å². The molecule has 0 unspecified atom stereocenters. The molecule has 3 N–H and O–H groups in total. The van der Waals surface area contributed by atoms with Crippen molar-refractivity contribution in [2.75, 3.05) is 24.2 Å². The third-order valence-corrected chi connectivity index (χ3v) is 6.99. The van der Waals surface area contributed by atoms with E-state index >= 15 is 0 Å². The van der Waals surface area contributed by atoms with E-state index in [2.05, 4.69) is 10.6 Å². The Bertz CT molecular complexity index is 1350. The zero-order valence-electron chi connectivity index (χ0n) is 17.6. The van der Waals surface area contributed by atoms with Crippen LogP contribution in [0, 0.1) is 0 Å². The number of carbonyl (C=O) groups excluding carboxylic acids is 1. The first-order valence-corrected chi connectivity index (χ1v) is 11.5. The Kier molecular flexibility index (Phi) is 5.99. The van der Waals surface area contributed by atoms with E-state index in [1.165, 1.54) is 19.2 Å². The average Bonchev–Trinajstić information content (AvgIpc) is 3.13. The van der Waals surface area contributed by atoms with Crippen LogP contribution in [0.25, 0.3) is 11.3 Å². The average molecular weight is 464 g/mol. The summed E-state index contributed by atoms with van der Waals surface area (Å²) in [5, 5.41) is 15.0. The summed E-state index contributed by atoms with van der Waals surface area (Å²) in [5.74, 6) is -1.48. The van der Waals surface area contributed by atoms with Crippen LogP contribution in [0.15, 0.2) is 83.8 Å². The molecule has 0 fully saturated rings. The molecule has 3 aromatic carbocycles. The number of amides is 1. The van der Waals surface area contributed by atoms with Crippen molar-refractivity contribution in [1.82, 2.24) is 4.31 Å². The van der Waals surface area contributed by atoms with Crippen molar-refractivity contribution in [3.05, 3.63) is 90.0 Å². The lowest BCUT2D eigenvalue weighted by atomic mass is 10.00. The van der Waals surface area contributed by atoms with Gasteiger partial charge in [0.05, 0.1) is 16.2 Å². The van der Waals surface area contributed by atoms with Crippen LogP contribution in [-0.2, 0) is 19.6 Å². The van der Waals surface area contributed by atoms with Crippen LogP contribution in [0.5, 0.6) is 0 Å². The van der Waals surface area contributed by atoms with Gasteiger partial charge in [-0.15, -0.1) is 0 Å². The van der Waals surface area contributed by atoms with Gasteiger partial charge >= 0.3 is 5.97 Å². The number of carboxylic acids is 1. The van der Waals surface area contributed by atoms with Gasteiger partial charge < -0.3 is 15.7 Å². The normalized spacial score (nSPS) is 14.5. The van der Waals surface area contributed by atoms with Crippen molar-refractivity contribution in [1.29, 1.82) is 0 Å². The molecule has 168 valence electrons. The predicted octanol–water partition coefficient (Wildman–Crippen LogP) is 3.32. The molecule has 4 rings (SSSR count). The Hall–Kier alpha value is -3.95. The fourth-order valence-electron chi connectivity index (χ4n) is 3.56. The fraction of sp³-hybridized carbons (Fsp3) is 0.0833. The summed E-state index contributed by atoms with van der Waals surface area (Å²) in [6.07, 6.45) is 0. The van der Waals surface area contributed by atoms with Gasteiger partial charge in [0.15, 0.2) is 0 Å². The topological polar surface area (TPSA) is 116 Å². The zero-order chi connectivity index (χ0) is 23.6. The largest absolute Gasteiger partial charge is 0.480 e. The molecule has 33 heavy (non-hydrogen) atoms. The van der Waals surface area contributed by atoms with Crippen LogP contribution < -0.4 is 10.6 Å². The molecule has 1 aliphatic heterocycles. The summed E-state index contributed by atoms with van der Waals surface area (Å²) in [6, 6.07) is 22.7. The second-order valence-corrected chi connectivity index (χ2v) is 9.46. The van der Waals surface area contributed by atoms with Crippen LogP contribution in [0.1, 0.15) is 11.1 Å². The van der Waals surface area contributed by atoms with Crippen LogP contribution >= 0.6 is 0 Å². The molecule has 8 nitrogen and oxygen atoms in total. The van der Waals surface area contributed by atoms with Crippen molar-refractivity contribution in [2.45, 2.75) is 4.90 Å². The monoisotopic (exact) mass is 463 g/mol. The number of anilines is 2. The molecular weight excluding hydrogens is 442 g/mol. The number of nitrogens with one attached hydrogen (secondary N) is 2. The van der Waals surface area contributed by atoms with E-state index < -0.39 is 22.5 Å². The highest BCUT2D eigenvalue weighted by atomic mass is 32.2. The van der Waals surface area contributed by atoms with Gasteiger partial charge in [-0.2, -0.15) is 4.31 Å². The van der Waals surface area contributed by atoms with Crippen LogP contribution in [0.4, 0.5) is 11.4 Å². The highest BCUT2D eigenvalue weighted by molar-refractivity contribution is 7.89. The number of carbonyl (C=O) groups is 2. The number of hydrogen-bond acceptors (Lipinski definition) is 5. The minimum Gasteiger partial charge on any atom is -0.480 e. The van der Waals surface area contributed by atoms with E-state index in [9.17, 15) is 18.0 Å². The van der Waals surface area contributed by atoms with Crippen molar-refractivity contribution in [3.8, 4) is 0 Å². The molecule has 0 bridgehead atoms. The maximum atomic E-state index is 12.8. The first kappa shape index (κ1) is 22.3. The second kappa shape index (κ2) is 8.89. The maximum absolute atomic E-state index is 12.8. The fourth-order valence-corrected chi connectivity index (χ4v) is 4.68. The molecule has 0 aromatic heterocycles. The number of rotatable bonds is 7. The minimum atomic E-state index is -3.95. The Morgan fingerprint density at radius 3 is 2.27 bits per heavy atom. The summed E-state index contributed by atoms with van der Waals surface area (Å²) >= 11 is 0. The van der Waals surface area contributed by atoms with Crippen LogP contribution in [0.2, 0.25) is 0 Å². The molecule has 0 atom stereocenters. The minimum absolute atomic E-state index is 0.0327. The zero-order valence-corrected chi connectivity index (χ0v) is 18.5. The SMILES string of the molecule is CN(CC(=O)O)S(=O)(=O)c1ccc(NC(=C2C(=O)Nc3ccccc32)c2ccccc2)cc1. The molecule has 1 heterocycles. The van der Waals surface area contributed by atoms with Gasteiger partial charge in [0, 0.05) is 24.0 Å². The third-order valence-electron chi connectivity index (χ3n) is 5.17. The van der Waals surface area contributed by atoms with E-state index in [1.54, 1.807) is 12.1 Å². The molecule has 0 saturated heterocycles. The van der Waals surface area contributed by atoms with E-state index in [0.717, 1.165) is 21.1 Å². The van der Waals surface area contributed by atoms with Crippen molar-refractivity contribution < 1.29 is 23.1 Å². The first-order valence-electron chi connectivity index (χ1n) is 10.0. The number of nitrogens with zero attached hydrogens (tertiary/aromatic N) is 1. The number of likely N-dealkylation sites (N-methyl/N-ethyl adjacent to an activating group) is 1. The highest BCUT2D eigenvalue weighted by Gasteiger charge is 2.28. The van der Waals surface area contributed by atoms with Gasteiger partial charge in [0.2, 0.25) is 10.0 Å². The summed E-state index contributed by atoms with van der Waals surface area (Å²) in [4.78, 5) is 23.7. The maximum Gasteiger partial charge on any atom is 0.318 e. The van der Waals surface area contributed by atoms with Crippen LogP contribution in [-0.4, -0.2) is 43.3 Å². The molecular formula is C24H21N3O5S. The molecule has 0 radical (unpaired) electrons. The summed E-state index contributed by atoms with van der Waals surface area (Å²) in [6.45, 7) is -0.638. The van der Waals surface area contributed by atoms with Gasteiger partial charge in [-0.1, -0.05) is 48.5 Å². The molecule has 0 aliphatic carbocycles. The molecule has 0 saturated carbocycles. The quantitative estimate of drug-likeness (QED) is 0.463. The molecule has 3 aromatic rings. The molecule has 9 heteroatoms. The second-order valence-electron chi connectivity index (χ2n) is 7.42. The third kappa shape index (κ3) is 4.50. The lowest BCUT2D eigenvalue weighted by Gasteiger charge is -2.17. The van der Waals surface area contributed by atoms with Gasteiger partial charge in [-0.05, 0) is 35.9 Å². The number of hydrogen-bond donors (Lipinski definition) is 3. The van der Waals surface area contributed by atoms with Gasteiger partial charge in [0.1, 0.15) is 6.54 Å². The first-order chi connectivity index (χ1) is 15.8. The molecule has 1 amide bonds. The van der Waals surface area contributed by atoms with Crippen LogP contribution in [0.3, 0.4) is 0 Å². The standard InChI is InChI=1S/C24H21N3O5S/c1-27(15-21(28)29)33(31,32)18-13-11-17(12-14-18)25-23(16-7-3-2-4-8-16)22-19-9-5-6-10-20(19)26-24(22)30/h2-14,25H,15H2,1H3,(H,26,30)(H,28,29). The lowest BCUT2D eigenvalue weighted by molar-refractivity contribution is -0.137. The number of aliphatic carboxylic acids is 1. The van der Waals surface area contributed by atoms with Gasteiger partial charge in [-0.25, -0.2) is 8.42 Å². The number of benzene rings is 3. The van der Waals surface area contributed by atoms with E-state index in [0.29, 0.717) is 17.0 Å². The van der Waals surface area contributed by atoms with Crippen molar-refractivity contribution in [3.63, 3.8) is 0 Å². The molecule has 0 spiro atoms. The van der Waals surface area contributed by atoms with Gasteiger partial charge in [0.25, 0.3) is 5.91 Å². The lowest BCUT2D eigenvalue weighted by Crippen LogP contribution is -2.32. The Morgan fingerprint density at radius 1 is 0.970 bits per heavy atom. The Morgan fingerprint density at radius 2 is 1.61 bits per heavy atom. The van der Waals surface area contributed by atoms with Crippen molar-refractivity contribution in [2.24, 2.45) is 0 Å². The predicted molar refractivity (Wildman–Crippen MR) is 126 cm³/mol. The molecule has 1 aliphatic rings. The van der Waals surface area contributed by atoms with E-state index in [4.69, 9.17) is 5.11 Å².